The molecule has 0 aliphatic rings. The zero-order valence-corrected chi connectivity index (χ0v) is 5.16. The minimum Gasteiger partial charge on any atom is -0.508 e. The number of phenolic OH excluding ortho intramolecular Hbond substituents is 1. The molecule has 0 atom stereocenters. The standard InChI is InChI=1S/C7H8O2/c1-9-7-4-2-6(8)3-5-7/h2-5,8H,1H3/i8+2. The summed E-state index contributed by atoms with van der Waals surface area (Å²) in [6, 6.07) is 6.57. The van der Waals surface area contributed by atoms with Gasteiger partial charge in [-0.3, -0.25) is 0 Å². The van der Waals surface area contributed by atoms with Gasteiger partial charge in [-0.25, -0.2) is 0 Å². The second-order valence-electron chi connectivity index (χ2n) is 1.70. The van der Waals surface area contributed by atoms with Crippen LogP contribution in [-0.4, -0.2) is 12.2 Å². The molecule has 0 aromatic heterocycles. The van der Waals surface area contributed by atoms with Gasteiger partial charge in [-0.1, -0.05) is 0 Å². The zero-order chi connectivity index (χ0) is 6.69. The third-order valence-corrected chi connectivity index (χ3v) is 1.07. The number of phenols is 1. The molecule has 1 aromatic carbocycles. The molecule has 0 radical (unpaired) electrons. The lowest BCUT2D eigenvalue weighted by atomic mass is 10.3. The molecule has 1 aromatic rings. The summed E-state index contributed by atoms with van der Waals surface area (Å²) in [6.07, 6.45) is 0. The van der Waals surface area contributed by atoms with Gasteiger partial charge in [0.05, 0.1) is 7.11 Å². The van der Waals surface area contributed by atoms with Crippen molar-refractivity contribution in [2.75, 3.05) is 7.11 Å². The van der Waals surface area contributed by atoms with E-state index in [9.17, 15) is 0 Å². The van der Waals surface area contributed by atoms with Gasteiger partial charge in [-0.2, -0.15) is 0 Å². The minimum atomic E-state index is 0.260. The first-order chi connectivity index (χ1) is 4.33. The monoisotopic (exact) mass is 126 g/mol. The molecule has 2 heteroatoms. The maximum Gasteiger partial charge on any atom is 0.119 e. The van der Waals surface area contributed by atoms with E-state index in [1.165, 1.54) is 0 Å². The summed E-state index contributed by atoms with van der Waals surface area (Å²) in [5.41, 5.74) is 0. The number of benzene rings is 1. The van der Waals surface area contributed by atoms with Crippen LogP contribution in [0.1, 0.15) is 0 Å². The number of hydrogen-bond donors (Lipinski definition) is 1. The average molecular weight is 126 g/mol. The molecule has 1 rings (SSSR count). The Hall–Kier alpha value is -1.18. The largest absolute Gasteiger partial charge is 0.508 e. The van der Waals surface area contributed by atoms with Gasteiger partial charge >= 0.3 is 0 Å². The first-order valence-corrected chi connectivity index (χ1v) is 2.66. The summed E-state index contributed by atoms with van der Waals surface area (Å²) < 4.78 is 4.86. The summed E-state index contributed by atoms with van der Waals surface area (Å²) in [5.74, 6) is 1.02. The maximum absolute atomic E-state index is 8.80. The number of hydrogen-bond acceptors (Lipinski definition) is 2. The van der Waals surface area contributed by atoms with Crippen LogP contribution in [-0.2, 0) is 0 Å². The summed E-state index contributed by atoms with van der Waals surface area (Å²) >= 11 is 0. The Balaban J connectivity index is 2.88. The van der Waals surface area contributed by atoms with Gasteiger partial charge in [0, 0.05) is 0 Å². The van der Waals surface area contributed by atoms with Crippen molar-refractivity contribution < 1.29 is 9.84 Å². The van der Waals surface area contributed by atoms with Crippen LogP contribution in [0.25, 0.3) is 0 Å². The van der Waals surface area contributed by atoms with Gasteiger partial charge in [-0.05, 0) is 24.3 Å². The summed E-state index contributed by atoms with van der Waals surface area (Å²) in [7, 11) is 1.59. The molecule has 0 saturated heterocycles. The molecule has 0 amide bonds. The van der Waals surface area contributed by atoms with E-state index >= 15 is 0 Å². The van der Waals surface area contributed by atoms with E-state index in [0.717, 1.165) is 5.75 Å². The second kappa shape index (κ2) is 2.40. The van der Waals surface area contributed by atoms with Crippen molar-refractivity contribution in [3.05, 3.63) is 24.3 Å². The Kier molecular flexibility index (Phi) is 1.58. The molecule has 2 nitrogen and oxygen atoms in total. The number of rotatable bonds is 1. The van der Waals surface area contributed by atoms with Gasteiger partial charge in [0.15, 0.2) is 0 Å². The third kappa shape index (κ3) is 1.35. The molecule has 0 unspecified atom stereocenters. The summed E-state index contributed by atoms with van der Waals surface area (Å²) in [6.45, 7) is 0. The second-order valence-corrected chi connectivity index (χ2v) is 1.70. The number of methoxy groups -OCH3 is 1. The SMILES string of the molecule is COc1ccc([18OH])cc1. The molecular weight excluding hydrogens is 118 g/mol. The minimum absolute atomic E-state index is 0.260. The van der Waals surface area contributed by atoms with Gasteiger partial charge in [0.1, 0.15) is 11.5 Å². The van der Waals surface area contributed by atoms with Crippen molar-refractivity contribution in [1.29, 1.82) is 0 Å². The van der Waals surface area contributed by atoms with Crippen LogP contribution in [0.3, 0.4) is 0 Å². The van der Waals surface area contributed by atoms with E-state index in [-0.39, 0.29) is 5.75 Å². The fraction of sp³-hybridized carbons (Fsp3) is 0.143. The van der Waals surface area contributed by atoms with Crippen LogP contribution in [0.4, 0.5) is 0 Å². The van der Waals surface area contributed by atoms with Crippen LogP contribution in [0, 0.1) is 0 Å². The van der Waals surface area contributed by atoms with Crippen LogP contribution in [0.5, 0.6) is 11.5 Å². The predicted octanol–water partition coefficient (Wildman–Crippen LogP) is 1.40. The van der Waals surface area contributed by atoms with Crippen molar-refractivity contribution in [1.82, 2.24) is 0 Å². The van der Waals surface area contributed by atoms with E-state index in [1.807, 2.05) is 0 Å². The van der Waals surface area contributed by atoms with Crippen molar-refractivity contribution >= 4 is 0 Å². The molecule has 0 aliphatic heterocycles. The van der Waals surface area contributed by atoms with Crippen molar-refractivity contribution in [3.8, 4) is 11.5 Å². The Morgan fingerprint density at radius 2 is 1.78 bits per heavy atom. The molecule has 0 heterocycles. The summed E-state index contributed by atoms with van der Waals surface area (Å²) in [5, 5.41) is 8.80. The fourth-order valence-corrected chi connectivity index (χ4v) is 0.582. The normalized spacial score (nSPS) is 9.00. The summed E-state index contributed by atoms with van der Waals surface area (Å²) in [4.78, 5) is 0. The molecule has 1 N–H and O–H groups in total. The Bertz CT molecular complexity index is 179. The fourth-order valence-electron chi connectivity index (χ4n) is 0.582. The van der Waals surface area contributed by atoms with Gasteiger partial charge in [0.2, 0.25) is 0 Å². The molecule has 9 heavy (non-hydrogen) atoms. The first-order valence-electron chi connectivity index (χ1n) is 2.66. The highest BCUT2D eigenvalue weighted by Crippen LogP contribution is 2.14. The van der Waals surface area contributed by atoms with E-state index in [2.05, 4.69) is 0 Å². The highest BCUT2D eigenvalue weighted by Gasteiger charge is 1.87. The number of ether oxygens (including phenoxy) is 1. The van der Waals surface area contributed by atoms with Gasteiger partial charge in [0.25, 0.3) is 0 Å². The van der Waals surface area contributed by atoms with Crippen molar-refractivity contribution in [2.45, 2.75) is 0 Å². The van der Waals surface area contributed by atoms with E-state index in [1.54, 1.807) is 31.4 Å². The van der Waals surface area contributed by atoms with E-state index in [4.69, 9.17) is 9.84 Å². The lowest BCUT2D eigenvalue weighted by molar-refractivity contribution is 0.412. The topological polar surface area (TPSA) is 29.5 Å². The first kappa shape index (κ1) is 5.95. The van der Waals surface area contributed by atoms with Crippen LogP contribution in [0.15, 0.2) is 24.3 Å². The van der Waals surface area contributed by atoms with Crippen LogP contribution >= 0.6 is 0 Å². The smallest absolute Gasteiger partial charge is 0.119 e. The van der Waals surface area contributed by atoms with E-state index < -0.39 is 0 Å². The Morgan fingerprint density at radius 3 is 2.22 bits per heavy atom. The van der Waals surface area contributed by atoms with Crippen molar-refractivity contribution in [2.24, 2.45) is 0 Å². The third-order valence-electron chi connectivity index (χ3n) is 1.07. The van der Waals surface area contributed by atoms with Gasteiger partial charge < -0.3 is 9.84 Å². The van der Waals surface area contributed by atoms with Crippen LogP contribution in [0.2, 0.25) is 0 Å². The lowest BCUT2D eigenvalue weighted by Crippen LogP contribution is -1.79. The Morgan fingerprint density at radius 1 is 1.22 bits per heavy atom. The predicted molar refractivity (Wildman–Crippen MR) is 34.7 cm³/mol. The Labute approximate surface area is 53.7 Å². The molecule has 0 bridgehead atoms. The van der Waals surface area contributed by atoms with Crippen molar-refractivity contribution in [3.63, 3.8) is 0 Å². The quantitative estimate of drug-likeness (QED) is 0.576. The molecule has 0 aliphatic carbocycles. The molecule has 0 spiro atoms. The highest BCUT2D eigenvalue weighted by atomic mass is 18.2. The van der Waals surface area contributed by atoms with Crippen LogP contribution < -0.4 is 4.74 Å². The lowest BCUT2D eigenvalue weighted by Gasteiger charge is -1.96. The molecular formula is C7H8O2. The average Bonchev–Trinajstić information content (AvgIpc) is 1.90. The molecule has 0 saturated carbocycles. The molecule has 0 fully saturated rings. The van der Waals surface area contributed by atoms with Gasteiger partial charge in [-0.15, -0.1) is 0 Å². The number of aromatic hydroxyl groups is 1. The molecule has 48 valence electrons. The maximum atomic E-state index is 8.80. The highest BCUT2D eigenvalue weighted by molar-refractivity contribution is 5.29. The zero-order valence-electron chi connectivity index (χ0n) is 5.16. The van der Waals surface area contributed by atoms with E-state index in [0.29, 0.717) is 0 Å².